The third-order valence-corrected chi connectivity index (χ3v) is 2.71. The van der Waals surface area contributed by atoms with Crippen molar-refractivity contribution >= 4 is 17.3 Å². The predicted molar refractivity (Wildman–Crippen MR) is 62.7 cm³/mol. The number of rotatable bonds is 4. The number of non-ortho nitro benzene ring substituents is 1. The van der Waals surface area contributed by atoms with Crippen molar-refractivity contribution in [3.63, 3.8) is 0 Å². The zero-order valence-electron chi connectivity index (χ0n) is 9.24. The van der Waals surface area contributed by atoms with Crippen molar-refractivity contribution in [1.29, 1.82) is 0 Å². The SMILES string of the molecule is CC(C)(CO)Cc1cc([N+](=O)[O-])ccc1Cl. The van der Waals surface area contributed by atoms with Crippen LogP contribution in [0, 0.1) is 15.5 Å². The Labute approximate surface area is 99.0 Å². The molecule has 0 unspecified atom stereocenters. The van der Waals surface area contributed by atoms with Gasteiger partial charge in [-0.1, -0.05) is 25.4 Å². The molecular weight excluding hydrogens is 230 g/mol. The highest BCUT2D eigenvalue weighted by atomic mass is 35.5. The number of hydrogen-bond donors (Lipinski definition) is 1. The Morgan fingerprint density at radius 3 is 2.62 bits per heavy atom. The average molecular weight is 244 g/mol. The number of nitro benzene ring substituents is 1. The fourth-order valence-corrected chi connectivity index (χ4v) is 1.57. The molecule has 0 saturated heterocycles. The number of aliphatic hydroxyl groups is 1. The van der Waals surface area contributed by atoms with E-state index in [0.29, 0.717) is 17.0 Å². The van der Waals surface area contributed by atoms with E-state index >= 15 is 0 Å². The molecule has 0 bridgehead atoms. The Morgan fingerprint density at radius 1 is 1.50 bits per heavy atom. The Hall–Kier alpha value is -1.13. The minimum absolute atomic E-state index is 0.00597. The summed E-state index contributed by atoms with van der Waals surface area (Å²) >= 11 is 5.96. The molecule has 0 aromatic heterocycles. The van der Waals surface area contributed by atoms with Crippen molar-refractivity contribution < 1.29 is 10.0 Å². The zero-order chi connectivity index (χ0) is 12.3. The van der Waals surface area contributed by atoms with Crippen LogP contribution in [0.15, 0.2) is 18.2 Å². The highest BCUT2D eigenvalue weighted by Crippen LogP contribution is 2.28. The van der Waals surface area contributed by atoms with Gasteiger partial charge in [0.2, 0.25) is 0 Å². The van der Waals surface area contributed by atoms with Crippen LogP contribution in [0.1, 0.15) is 19.4 Å². The summed E-state index contributed by atoms with van der Waals surface area (Å²) in [6.07, 6.45) is 0.504. The summed E-state index contributed by atoms with van der Waals surface area (Å²) < 4.78 is 0. The minimum atomic E-state index is -0.453. The summed E-state index contributed by atoms with van der Waals surface area (Å²) in [5.74, 6) is 0. The maximum atomic E-state index is 10.6. The molecule has 0 aliphatic carbocycles. The van der Waals surface area contributed by atoms with Gasteiger partial charge in [0.15, 0.2) is 0 Å². The van der Waals surface area contributed by atoms with E-state index in [1.165, 1.54) is 18.2 Å². The lowest BCUT2D eigenvalue weighted by Gasteiger charge is -2.21. The molecule has 16 heavy (non-hydrogen) atoms. The second-order valence-corrected chi connectivity index (χ2v) is 4.94. The average Bonchev–Trinajstić information content (AvgIpc) is 2.21. The van der Waals surface area contributed by atoms with Crippen molar-refractivity contribution in [2.75, 3.05) is 6.61 Å². The lowest BCUT2D eigenvalue weighted by molar-refractivity contribution is -0.384. The molecule has 0 aliphatic heterocycles. The van der Waals surface area contributed by atoms with Gasteiger partial charge < -0.3 is 5.11 Å². The fourth-order valence-electron chi connectivity index (χ4n) is 1.38. The maximum absolute atomic E-state index is 10.6. The van der Waals surface area contributed by atoms with Crippen LogP contribution < -0.4 is 0 Å². The van der Waals surface area contributed by atoms with Crippen molar-refractivity contribution in [1.82, 2.24) is 0 Å². The molecular formula is C11H14ClNO3. The van der Waals surface area contributed by atoms with Gasteiger partial charge in [0, 0.05) is 23.8 Å². The number of nitro groups is 1. The Morgan fingerprint density at radius 2 is 2.12 bits per heavy atom. The van der Waals surface area contributed by atoms with E-state index in [4.69, 9.17) is 16.7 Å². The summed E-state index contributed by atoms with van der Waals surface area (Å²) in [6.45, 7) is 3.76. The molecule has 88 valence electrons. The minimum Gasteiger partial charge on any atom is -0.396 e. The van der Waals surface area contributed by atoms with E-state index in [-0.39, 0.29) is 17.7 Å². The number of benzene rings is 1. The molecule has 0 amide bonds. The molecule has 0 aliphatic rings. The molecule has 0 spiro atoms. The van der Waals surface area contributed by atoms with Gasteiger partial charge >= 0.3 is 0 Å². The number of nitrogens with zero attached hydrogens (tertiary/aromatic N) is 1. The molecule has 0 atom stereocenters. The monoisotopic (exact) mass is 243 g/mol. The van der Waals surface area contributed by atoms with Crippen LogP contribution in [-0.2, 0) is 6.42 Å². The number of hydrogen-bond acceptors (Lipinski definition) is 3. The van der Waals surface area contributed by atoms with Gasteiger partial charge in [-0.2, -0.15) is 0 Å². The summed E-state index contributed by atoms with van der Waals surface area (Å²) in [7, 11) is 0. The first-order valence-corrected chi connectivity index (χ1v) is 5.27. The quantitative estimate of drug-likeness (QED) is 0.653. The first kappa shape index (κ1) is 12.9. The lowest BCUT2D eigenvalue weighted by Crippen LogP contribution is -2.20. The van der Waals surface area contributed by atoms with Gasteiger partial charge in [-0.15, -0.1) is 0 Å². The largest absolute Gasteiger partial charge is 0.396 e. The first-order valence-electron chi connectivity index (χ1n) is 4.89. The lowest BCUT2D eigenvalue weighted by atomic mass is 9.86. The predicted octanol–water partition coefficient (Wildman–Crippen LogP) is 2.81. The molecule has 1 aromatic rings. The summed E-state index contributed by atoms with van der Waals surface area (Å²) in [4.78, 5) is 10.2. The van der Waals surface area contributed by atoms with E-state index in [2.05, 4.69) is 0 Å². The van der Waals surface area contributed by atoms with Crippen LogP contribution in [0.3, 0.4) is 0 Å². The smallest absolute Gasteiger partial charge is 0.269 e. The van der Waals surface area contributed by atoms with Crippen molar-refractivity contribution in [2.24, 2.45) is 5.41 Å². The van der Waals surface area contributed by atoms with Crippen LogP contribution in [0.25, 0.3) is 0 Å². The summed E-state index contributed by atoms with van der Waals surface area (Å²) in [6, 6.07) is 4.35. The standard InChI is InChI=1S/C11H14ClNO3/c1-11(2,7-14)6-8-5-9(13(15)16)3-4-10(8)12/h3-5,14H,6-7H2,1-2H3. The molecule has 0 heterocycles. The van der Waals surface area contributed by atoms with E-state index in [1.54, 1.807) is 0 Å². The third kappa shape index (κ3) is 3.18. The zero-order valence-corrected chi connectivity index (χ0v) is 9.99. The highest BCUT2D eigenvalue weighted by molar-refractivity contribution is 6.31. The second kappa shape index (κ2) is 4.80. The normalized spacial score (nSPS) is 11.5. The second-order valence-electron chi connectivity index (χ2n) is 4.53. The molecule has 4 nitrogen and oxygen atoms in total. The Kier molecular flexibility index (Phi) is 3.88. The third-order valence-electron chi connectivity index (χ3n) is 2.34. The van der Waals surface area contributed by atoms with Gasteiger partial charge in [-0.25, -0.2) is 0 Å². The maximum Gasteiger partial charge on any atom is 0.269 e. The Bertz CT molecular complexity index is 404. The van der Waals surface area contributed by atoms with Crippen LogP contribution >= 0.6 is 11.6 Å². The topological polar surface area (TPSA) is 63.4 Å². The Balaban J connectivity index is 3.03. The van der Waals surface area contributed by atoms with Crippen LogP contribution in [-0.4, -0.2) is 16.6 Å². The molecule has 1 rings (SSSR count). The van der Waals surface area contributed by atoms with Crippen LogP contribution in [0.2, 0.25) is 5.02 Å². The van der Waals surface area contributed by atoms with E-state index < -0.39 is 4.92 Å². The molecule has 0 saturated carbocycles. The van der Waals surface area contributed by atoms with Crippen LogP contribution in [0.5, 0.6) is 0 Å². The fraction of sp³-hybridized carbons (Fsp3) is 0.455. The molecule has 0 fully saturated rings. The van der Waals surface area contributed by atoms with Crippen molar-refractivity contribution in [3.05, 3.63) is 38.9 Å². The molecule has 5 heteroatoms. The molecule has 0 radical (unpaired) electrons. The summed E-state index contributed by atoms with van der Waals surface area (Å²) in [5, 5.41) is 20.3. The van der Waals surface area contributed by atoms with E-state index in [0.717, 1.165) is 0 Å². The van der Waals surface area contributed by atoms with Gasteiger partial charge in [-0.05, 0) is 23.5 Å². The van der Waals surface area contributed by atoms with Crippen molar-refractivity contribution in [2.45, 2.75) is 20.3 Å². The van der Waals surface area contributed by atoms with Crippen molar-refractivity contribution in [3.8, 4) is 0 Å². The van der Waals surface area contributed by atoms with Crippen LogP contribution in [0.4, 0.5) is 5.69 Å². The van der Waals surface area contributed by atoms with E-state index in [1.807, 2.05) is 13.8 Å². The first-order chi connectivity index (χ1) is 7.35. The van der Waals surface area contributed by atoms with Gasteiger partial charge in [0.1, 0.15) is 0 Å². The van der Waals surface area contributed by atoms with E-state index in [9.17, 15) is 10.1 Å². The number of halogens is 1. The highest BCUT2D eigenvalue weighted by Gasteiger charge is 2.20. The molecule has 1 aromatic carbocycles. The number of aliphatic hydroxyl groups excluding tert-OH is 1. The van der Waals surface area contributed by atoms with Gasteiger partial charge in [-0.3, -0.25) is 10.1 Å². The van der Waals surface area contributed by atoms with Gasteiger partial charge in [0.25, 0.3) is 5.69 Å². The summed E-state index contributed by atoms with van der Waals surface area (Å²) in [5.41, 5.74) is 0.377. The molecule has 1 N–H and O–H groups in total. The van der Waals surface area contributed by atoms with Gasteiger partial charge in [0.05, 0.1) is 4.92 Å².